The summed E-state index contributed by atoms with van der Waals surface area (Å²) in [6, 6.07) is 11.7. The molecule has 2 aromatic rings. The molecule has 1 amide bonds. The van der Waals surface area contributed by atoms with Crippen LogP contribution in [0.2, 0.25) is 5.02 Å². The van der Waals surface area contributed by atoms with Gasteiger partial charge < -0.3 is 9.88 Å². The zero-order chi connectivity index (χ0) is 15.0. The Kier molecular flexibility index (Phi) is 3.77. The van der Waals surface area contributed by atoms with Gasteiger partial charge in [-0.3, -0.25) is 4.79 Å². The van der Waals surface area contributed by atoms with E-state index in [0.717, 1.165) is 16.3 Å². The third-order valence-corrected chi connectivity index (χ3v) is 4.47. The van der Waals surface area contributed by atoms with Crippen molar-refractivity contribution in [1.82, 2.24) is 9.88 Å². The zero-order valence-corrected chi connectivity index (χ0v) is 13.0. The lowest BCUT2D eigenvalue weighted by Gasteiger charge is -2.19. The molecule has 110 valence electrons. The number of nitrogens with zero attached hydrogens (tertiary/aromatic N) is 1. The minimum atomic E-state index is -0.0163. The highest BCUT2D eigenvalue weighted by atomic mass is 35.5. The number of amides is 1. The number of rotatable bonds is 4. The summed E-state index contributed by atoms with van der Waals surface area (Å²) in [6.07, 6.45) is 2.33. The van der Waals surface area contributed by atoms with Gasteiger partial charge in [-0.25, -0.2) is 0 Å². The maximum absolute atomic E-state index is 12.5. The summed E-state index contributed by atoms with van der Waals surface area (Å²) in [5, 5.41) is 3.90. The quantitative estimate of drug-likeness (QED) is 0.914. The fraction of sp³-hybridized carbons (Fsp3) is 0.353. The molecule has 4 heteroatoms. The van der Waals surface area contributed by atoms with Crippen LogP contribution in [0.25, 0.3) is 0 Å². The van der Waals surface area contributed by atoms with Gasteiger partial charge in [-0.05, 0) is 55.5 Å². The molecule has 1 aromatic heterocycles. The van der Waals surface area contributed by atoms with Crippen molar-refractivity contribution in [3.05, 3.63) is 58.4 Å². The molecule has 1 aliphatic carbocycles. The highest BCUT2D eigenvalue weighted by molar-refractivity contribution is 6.30. The van der Waals surface area contributed by atoms with Gasteiger partial charge in [-0.1, -0.05) is 23.7 Å². The number of hydrogen-bond acceptors (Lipinski definition) is 1. The number of aryl methyl sites for hydroxylation is 1. The summed E-state index contributed by atoms with van der Waals surface area (Å²) in [6.45, 7) is 1.99. The lowest BCUT2D eigenvalue weighted by Crippen LogP contribution is -2.31. The number of aromatic nitrogens is 1. The Hall–Kier alpha value is -1.74. The van der Waals surface area contributed by atoms with Crippen molar-refractivity contribution >= 4 is 17.5 Å². The number of carbonyl (C=O) groups excluding carboxylic acids is 1. The summed E-state index contributed by atoms with van der Waals surface area (Å²) in [5.41, 5.74) is 2.91. The Balaban J connectivity index is 1.81. The van der Waals surface area contributed by atoms with Crippen LogP contribution < -0.4 is 5.32 Å². The van der Waals surface area contributed by atoms with E-state index in [0.29, 0.717) is 11.6 Å². The number of nitrogens with one attached hydrogen (secondary N) is 1. The van der Waals surface area contributed by atoms with Crippen LogP contribution in [-0.2, 0) is 7.05 Å². The first-order chi connectivity index (χ1) is 10.1. The molecule has 0 radical (unpaired) electrons. The fourth-order valence-corrected chi connectivity index (χ4v) is 2.76. The Morgan fingerprint density at radius 1 is 1.24 bits per heavy atom. The smallest absolute Gasteiger partial charge is 0.268 e. The first-order valence-corrected chi connectivity index (χ1v) is 7.62. The average Bonchev–Trinajstić information content (AvgIpc) is 3.25. The lowest BCUT2D eigenvalue weighted by atomic mass is 10.0. The number of carbonyl (C=O) groups is 1. The van der Waals surface area contributed by atoms with Gasteiger partial charge in [0, 0.05) is 17.8 Å². The highest BCUT2D eigenvalue weighted by Gasteiger charge is 2.33. The van der Waals surface area contributed by atoms with Crippen LogP contribution in [0, 0.1) is 12.8 Å². The summed E-state index contributed by atoms with van der Waals surface area (Å²) < 4.78 is 1.92. The van der Waals surface area contributed by atoms with Gasteiger partial charge in [0.15, 0.2) is 0 Å². The van der Waals surface area contributed by atoms with Crippen molar-refractivity contribution in [3.8, 4) is 0 Å². The molecule has 3 rings (SSSR count). The van der Waals surface area contributed by atoms with Crippen LogP contribution in [0.15, 0.2) is 36.4 Å². The van der Waals surface area contributed by atoms with Gasteiger partial charge in [0.2, 0.25) is 0 Å². The molecule has 1 N–H and O–H groups in total. The molecule has 0 spiro atoms. The first kappa shape index (κ1) is 14.2. The molecule has 0 bridgehead atoms. The second-order valence-corrected chi connectivity index (χ2v) is 6.20. The Labute approximate surface area is 129 Å². The van der Waals surface area contributed by atoms with Gasteiger partial charge >= 0.3 is 0 Å². The monoisotopic (exact) mass is 302 g/mol. The van der Waals surface area contributed by atoms with Crippen LogP contribution in [0.5, 0.6) is 0 Å². The molecule has 0 aliphatic heterocycles. The zero-order valence-electron chi connectivity index (χ0n) is 12.3. The van der Waals surface area contributed by atoms with Crippen molar-refractivity contribution in [2.75, 3.05) is 0 Å². The molecule has 1 aliphatic rings. The van der Waals surface area contributed by atoms with Gasteiger partial charge in [0.05, 0.1) is 6.04 Å². The maximum atomic E-state index is 12.5. The van der Waals surface area contributed by atoms with Crippen LogP contribution >= 0.6 is 11.6 Å². The van der Waals surface area contributed by atoms with Gasteiger partial charge in [-0.15, -0.1) is 0 Å². The molecule has 1 fully saturated rings. The Morgan fingerprint density at radius 2 is 1.90 bits per heavy atom. The van der Waals surface area contributed by atoms with Crippen LogP contribution in [0.1, 0.15) is 40.6 Å². The molecule has 1 heterocycles. The molecule has 3 nitrogen and oxygen atoms in total. The van der Waals surface area contributed by atoms with Crippen molar-refractivity contribution in [3.63, 3.8) is 0 Å². The van der Waals surface area contributed by atoms with E-state index in [-0.39, 0.29) is 11.9 Å². The summed E-state index contributed by atoms with van der Waals surface area (Å²) >= 11 is 5.95. The number of benzene rings is 1. The van der Waals surface area contributed by atoms with Crippen molar-refractivity contribution in [1.29, 1.82) is 0 Å². The van der Waals surface area contributed by atoms with Gasteiger partial charge in [0.25, 0.3) is 5.91 Å². The predicted molar refractivity (Wildman–Crippen MR) is 84.5 cm³/mol. The fourth-order valence-electron chi connectivity index (χ4n) is 2.63. The standard InChI is InChI=1S/C17H19ClN2O/c1-11-3-10-15(20(11)2)17(21)19-16(12-4-5-12)13-6-8-14(18)9-7-13/h3,6-10,12,16H,4-5H2,1-2H3,(H,19,21). The van der Waals surface area contributed by atoms with Crippen LogP contribution in [0.3, 0.4) is 0 Å². The molecule has 1 unspecified atom stereocenters. The predicted octanol–water partition coefficient (Wildman–Crippen LogP) is 3.87. The van der Waals surface area contributed by atoms with Gasteiger partial charge in [0.1, 0.15) is 5.69 Å². The third kappa shape index (κ3) is 2.98. The molecule has 1 aromatic carbocycles. The van der Waals surface area contributed by atoms with E-state index in [1.165, 1.54) is 12.8 Å². The van der Waals surface area contributed by atoms with Gasteiger partial charge in [-0.2, -0.15) is 0 Å². The number of halogens is 1. The minimum absolute atomic E-state index is 0.0163. The molecular weight excluding hydrogens is 284 g/mol. The Morgan fingerprint density at radius 3 is 2.43 bits per heavy atom. The lowest BCUT2D eigenvalue weighted by molar-refractivity contribution is 0.0923. The summed E-state index contributed by atoms with van der Waals surface area (Å²) in [4.78, 5) is 12.5. The molecule has 1 atom stereocenters. The summed E-state index contributed by atoms with van der Waals surface area (Å²) in [7, 11) is 1.92. The second kappa shape index (κ2) is 5.57. The molecule has 0 saturated heterocycles. The normalized spacial score (nSPS) is 15.8. The van der Waals surface area contributed by atoms with Crippen molar-refractivity contribution in [2.45, 2.75) is 25.8 Å². The van der Waals surface area contributed by atoms with Crippen molar-refractivity contribution < 1.29 is 4.79 Å². The molecular formula is C17H19ClN2O. The second-order valence-electron chi connectivity index (χ2n) is 5.76. The van der Waals surface area contributed by atoms with E-state index in [1.54, 1.807) is 0 Å². The van der Waals surface area contributed by atoms with Crippen LogP contribution in [0.4, 0.5) is 0 Å². The minimum Gasteiger partial charge on any atom is -0.344 e. The third-order valence-electron chi connectivity index (χ3n) is 4.21. The Bertz CT molecular complexity index is 656. The van der Waals surface area contributed by atoms with Crippen molar-refractivity contribution in [2.24, 2.45) is 13.0 Å². The van der Waals surface area contributed by atoms with E-state index in [2.05, 4.69) is 5.32 Å². The first-order valence-electron chi connectivity index (χ1n) is 7.25. The molecule has 1 saturated carbocycles. The topological polar surface area (TPSA) is 34.0 Å². The highest BCUT2D eigenvalue weighted by Crippen LogP contribution is 2.41. The van der Waals surface area contributed by atoms with E-state index >= 15 is 0 Å². The van der Waals surface area contributed by atoms with Crippen LogP contribution in [-0.4, -0.2) is 10.5 Å². The van der Waals surface area contributed by atoms with E-state index in [9.17, 15) is 4.79 Å². The maximum Gasteiger partial charge on any atom is 0.268 e. The average molecular weight is 303 g/mol. The molecule has 21 heavy (non-hydrogen) atoms. The van der Waals surface area contributed by atoms with E-state index in [1.807, 2.05) is 54.9 Å². The largest absolute Gasteiger partial charge is 0.344 e. The summed E-state index contributed by atoms with van der Waals surface area (Å²) in [5.74, 6) is 0.522. The number of hydrogen-bond donors (Lipinski definition) is 1. The van der Waals surface area contributed by atoms with E-state index in [4.69, 9.17) is 11.6 Å². The SMILES string of the molecule is Cc1ccc(C(=O)NC(c2ccc(Cl)cc2)C2CC2)n1C. The van der Waals surface area contributed by atoms with E-state index < -0.39 is 0 Å².